The van der Waals surface area contributed by atoms with Crippen LogP contribution in [0.4, 0.5) is 0 Å². The number of rotatable bonds is 6. The molecule has 1 fully saturated rings. The van der Waals surface area contributed by atoms with Gasteiger partial charge in [-0.25, -0.2) is 0 Å². The fourth-order valence-corrected chi connectivity index (χ4v) is 2.39. The molecule has 1 aliphatic rings. The third-order valence-electron chi connectivity index (χ3n) is 3.99. The van der Waals surface area contributed by atoms with Gasteiger partial charge < -0.3 is 10.6 Å². The molecule has 1 aliphatic carbocycles. The highest BCUT2D eigenvalue weighted by Gasteiger charge is 2.30. The number of carbonyl (C=O) groups excluding carboxylic acids is 1. The molecule has 19 heavy (non-hydrogen) atoms. The van der Waals surface area contributed by atoms with E-state index in [1.807, 2.05) is 24.0 Å². The average Bonchev–Trinajstić information content (AvgIpc) is 3.21. The van der Waals surface area contributed by atoms with Gasteiger partial charge in [-0.2, -0.15) is 0 Å². The van der Waals surface area contributed by atoms with Gasteiger partial charge in [0.2, 0.25) is 5.91 Å². The zero-order chi connectivity index (χ0) is 13.8. The second-order valence-electron chi connectivity index (χ2n) is 5.54. The standard InChI is InChI=1S/C16H24N2O/c1-3-18(11-14-7-5-4-6-12(14)2)16(19)10-15(17)13-8-9-13/h4-7,13,15H,3,8-11,17H2,1-2H3. The van der Waals surface area contributed by atoms with E-state index in [4.69, 9.17) is 5.73 Å². The molecule has 0 aromatic heterocycles. The Morgan fingerprint density at radius 3 is 2.68 bits per heavy atom. The van der Waals surface area contributed by atoms with Crippen LogP contribution >= 0.6 is 0 Å². The summed E-state index contributed by atoms with van der Waals surface area (Å²) in [5, 5.41) is 0. The number of aryl methyl sites for hydroxylation is 1. The maximum atomic E-state index is 12.3. The highest BCUT2D eigenvalue weighted by Crippen LogP contribution is 2.33. The van der Waals surface area contributed by atoms with Crippen molar-refractivity contribution in [3.05, 3.63) is 35.4 Å². The van der Waals surface area contributed by atoms with E-state index in [1.165, 1.54) is 24.0 Å². The zero-order valence-electron chi connectivity index (χ0n) is 11.9. The monoisotopic (exact) mass is 260 g/mol. The van der Waals surface area contributed by atoms with Crippen LogP contribution in [0.25, 0.3) is 0 Å². The minimum absolute atomic E-state index is 0.0541. The van der Waals surface area contributed by atoms with Gasteiger partial charge in [0.1, 0.15) is 0 Å². The fourth-order valence-electron chi connectivity index (χ4n) is 2.39. The van der Waals surface area contributed by atoms with Gasteiger partial charge in [0.25, 0.3) is 0 Å². The summed E-state index contributed by atoms with van der Waals surface area (Å²) < 4.78 is 0. The van der Waals surface area contributed by atoms with E-state index in [0.717, 1.165) is 6.54 Å². The Kier molecular flexibility index (Phi) is 4.59. The lowest BCUT2D eigenvalue weighted by Gasteiger charge is -2.23. The molecule has 1 unspecified atom stereocenters. The molecule has 1 amide bonds. The molecular weight excluding hydrogens is 236 g/mol. The average molecular weight is 260 g/mol. The van der Waals surface area contributed by atoms with Crippen molar-refractivity contribution >= 4 is 5.91 Å². The van der Waals surface area contributed by atoms with Crippen LogP contribution in [0.3, 0.4) is 0 Å². The summed E-state index contributed by atoms with van der Waals surface area (Å²) in [6.07, 6.45) is 2.88. The molecule has 2 rings (SSSR count). The summed E-state index contributed by atoms with van der Waals surface area (Å²) in [6, 6.07) is 8.28. The lowest BCUT2D eigenvalue weighted by atomic mass is 10.1. The van der Waals surface area contributed by atoms with Crippen molar-refractivity contribution in [1.82, 2.24) is 4.90 Å². The Labute approximate surface area is 115 Å². The molecule has 0 spiro atoms. The van der Waals surface area contributed by atoms with Gasteiger partial charge in [0, 0.05) is 25.6 Å². The van der Waals surface area contributed by atoms with Gasteiger partial charge in [-0.1, -0.05) is 24.3 Å². The van der Waals surface area contributed by atoms with E-state index in [-0.39, 0.29) is 11.9 Å². The highest BCUT2D eigenvalue weighted by molar-refractivity contribution is 5.77. The first-order chi connectivity index (χ1) is 9.11. The van der Waals surface area contributed by atoms with E-state index in [1.54, 1.807) is 0 Å². The second-order valence-corrected chi connectivity index (χ2v) is 5.54. The molecule has 1 saturated carbocycles. The Balaban J connectivity index is 1.95. The zero-order valence-corrected chi connectivity index (χ0v) is 11.9. The van der Waals surface area contributed by atoms with Gasteiger partial charge in [-0.05, 0) is 43.7 Å². The van der Waals surface area contributed by atoms with E-state index >= 15 is 0 Å². The third kappa shape index (κ3) is 3.80. The maximum Gasteiger partial charge on any atom is 0.224 e. The molecule has 0 bridgehead atoms. The smallest absolute Gasteiger partial charge is 0.224 e. The Bertz CT molecular complexity index is 440. The number of nitrogens with two attached hydrogens (primary N) is 1. The topological polar surface area (TPSA) is 46.3 Å². The van der Waals surface area contributed by atoms with Gasteiger partial charge in [0.05, 0.1) is 0 Å². The molecule has 0 saturated heterocycles. The van der Waals surface area contributed by atoms with Crippen LogP contribution in [-0.2, 0) is 11.3 Å². The minimum Gasteiger partial charge on any atom is -0.339 e. The molecule has 0 aliphatic heterocycles. The summed E-state index contributed by atoms with van der Waals surface area (Å²) in [7, 11) is 0. The Hall–Kier alpha value is -1.35. The highest BCUT2D eigenvalue weighted by atomic mass is 16.2. The Morgan fingerprint density at radius 2 is 2.11 bits per heavy atom. The van der Waals surface area contributed by atoms with Gasteiger partial charge >= 0.3 is 0 Å². The van der Waals surface area contributed by atoms with Crippen molar-refractivity contribution in [2.45, 2.75) is 45.7 Å². The predicted octanol–water partition coefficient (Wildman–Crippen LogP) is 2.47. The predicted molar refractivity (Wildman–Crippen MR) is 77.6 cm³/mol. The van der Waals surface area contributed by atoms with Crippen LogP contribution in [0.5, 0.6) is 0 Å². The van der Waals surface area contributed by atoms with Gasteiger partial charge in [0.15, 0.2) is 0 Å². The first-order valence-corrected chi connectivity index (χ1v) is 7.19. The van der Waals surface area contributed by atoms with Gasteiger partial charge in [-0.3, -0.25) is 4.79 Å². The molecule has 3 nitrogen and oxygen atoms in total. The third-order valence-corrected chi connectivity index (χ3v) is 3.99. The molecule has 0 heterocycles. The largest absolute Gasteiger partial charge is 0.339 e. The summed E-state index contributed by atoms with van der Waals surface area (Å²) in [5.74, 6) is 0.770. The number of benzene rings is 1. The van der Waals surface area contributed by atoms with E-state index < -0.39 is 0 Å². The second kappa shape index (κ2) is 6.20. The number of carbonyl (C=O) groups is 1. The van der Waals surface area contributed by atoms with Crippen LogP contribution in [0.2, 0.25) is 0 Å². The normalized spacial score (nSPS) is 16.2. The first-order valence-electron chi connectivity index (χ1n) is 7.19. The van der Waals surface area contributed by atoms with E-state index in [0.29, 0.717) is 18.9 Å². The quantitative estimate of drug-likeness (QED) is 0.854. The van der Waals surface area contributed by atoms with E-state index in [2.05, 4.69) is 19.1 Å². The molecule has 1 atom stereocenters. The van der Waals surface area contributed by atoms with Crippen molar-refractivity contribution in [2.75, 3.05) is 6.54 Å². The van der Waals surface area contributed by atoms with Crippen LogP contribution in [0.15, 0.2) is 24.3 Å². The van der Waals surface area contributed by atoms with Crippen molar-refractivity contribution < 1.29 is 4.79 Å². The van der Waals surface area contributed by atoms with Crippen LogP contribution < -0.4 is 5.73 Å². The summed E-state index contributed by atoms with van der Waals surface area (Å²) in [5.41, 5.74) is 8.50. The molecule has 0 radical (unpaired) electrons. The molecule has 104 valence electrons. The SMILES string of the molecule is CCN(Cc1ccccc1C)C(=O)CC(N)C1CC1. The van der Waals surface area contributed by atoms with Gasteiger partial charge in [-0.15, -0.1) is 0 Å². The summed E-state index contributed by atoms with van der Waals surface area (Å²) in [6.45, 7) is 5.55. The summed E-state index contributed by atoms with van der Waals surface area (Å²) >= 11 is 0. The van der Waals surface area contributed by atoms with Crippen molar-refractivity contribution in [2.24, 2.45) is 11.7 Å². The summed E-state index contributed by atoms with van der Waals surface area (Å²) in [4.78, 5) is 14.2. The number of amides is 1. The molecule has 1 aromatic carbocycles. The molecule has 3 heteroatoms. The number of hydrogen-bond acceptors (Lipinski definition) is 2. The fraction of sp³-hybridized carbons (Fsp3) is 0.562. The van der Waals surface area contributed by atoms with Crippen LogP contribution in [0.1, 0.15) is 37.3 Å². The number of hydrogen-bond donors (Lipinski definition) is 1. The first kappa shape index (κ1) is 14.1. The number of nitrogens with zero attached hydrogens (tertiary/aromatic N) is 1. The van der Waals surface area contributed by atoms with Crippen LogP contribution in [-0.4, -0.2) is 23.4 Å². The van der Waals surface area contributed by atoms with E-state index in [9.17, 15) is 4.79 Å². The molecule has 1 aromatic rings. The lowest BCUT2D eigenvalue weighted by molar-refractivity contribution is -0.132. The van der Waals surface area contributed by atoms with Crippen molar-refractivity contribution in [3.63, 3.8) is 0 Å². The molecular formula is C16H24N2O. The maximum absolute atomic E-state index is 12.3. The van der Waals surface area contributed by atoms with Crippen molar-refractivity contribution in [3.8, 4) is 0 Å². The molecule has 2 N–H and O–H groups in total. The lowest BCUT2D eigenvalue weighted by Crippen LogP contribution is -2.36. The van der Waals surface area contributed by atoms with Crippen molar-refractivity contribution in [1.29, 1.82) is 0 Å². The van der Waals surface area contributed by atoms with Crippen LogP contribution in [0, 0.1) is 12.8 Å². The Morgan fingerprint density at radius 1 is 1.42 bits per heavy atom. The minimum atomic E-state index is 0.0541.